The van der Waals surface area contributed by atoms with Crippen LogP contribution in [0, 0.1) is 5.92 Å². The number of carbonyl (C=O) groups excluding carboxylic acids is 1. The minimum Gasteiger partial charge on any atom is -0.466 e. The molecular formula is C18H25N3O2. The van der Waals surface area contributed by atoms with Crippen molar-refractivity contribution in [1.29, 1.82) is 0 Å². The second-order valence-corrected chi connectivity index (χ2v) is 6.40. The van der Waals surface area contributed by atoms with Gasteiger partial charge in [-0.25, -0.2) is 0 Å². The predicted octanol–water partition coefficient (Wildman–Crippen LogP) is 2.48. The topological polar surface area (TPSA) is 47.4 Å². The van der Waals surface area contributed by atoms with Gasteiger partial charge in [-0.3, -0.25) is 9.48 Å². The van der Waals surface area contributed by atoms with E-state index < -0.39 is 0 Å². The molecule has 3 rings (SSSR count). The van der Waals surface area contributed by atoms with Crippen LogP contribution in [0.15, 0.2) is 24.3 Å². The highest BCUT2D eigenvalue weighted by atomic mass is 16.5. The summed E-state index contributed by atoms with van der Waals surface area (Å²) in [6, 6.07) is 8.16. The molecule has 0 spiro atoms. The quantitative estimate of drug-likeness (QED) is 0.795. The molecule has 1 aliphatic rings. The lowest BCUT2D eigenvalue weighted by Gasteiger charge is -2.29. The number of para-hydroxylation sites is 1. The maximum Gasteiger partial charge on any atom is 0.311 e. The smallest absolute Gasteiger partial charge is 0.311 e. The van der Waals surface area contributed by atoms with Crippen LogP contribution in [0.3, 0.4) is 0 Å². The second kappa shape index (κ2) is 7.13. The van der Waals surface area contributed by atoms with E-state index in [9.17, 15) is 4.79 Å². The van der Waals surface area contributed by atoms with E-state index in [4.69, 9.17) is 9.84 Å². The third-order valence-electron chi connectivity index (χ3n) is 4.50. The summed E-state index contributed by atoms with van der Waals surface area (Å²) in [5.41, 5.74) is 1.93. The molecule has 0 N–H and O–H groups in total. The van der Waals surface area contributed by atoms with Crippen molar-refractivity contribution in [1.82, 2.24) is 14.7 Å². The molecule has 5 heteroatoms. The van der Waals surface area contributed by atoms with E-state index >= 15 is 0 Å². The zero-order valence-electron chi connectivity index (χ0n) is 14.0. The highest BCUT2D eigenvalue weighted by Gasteiger charge is 2.20. The fourth-order valence-electron chi connectivity index (χ4n) is 3.48. The Balaban J connectivity index is 1.84. The maximum absolute atomic E-state index is 11.8. The van der Waals surface area contributed by atoms with Crippen LogP contribution >= 0.6 is 0 Å². The molecular weight excluding hydrogens is 290 g/mol. The summed E-state index contributed by atoms with van der Waals surface area (Å²) in [6.45, 7) is 5.44. The number of ether oxygens (including phenoxy) is 1. The number of hydrogen-bond acceptors (Lipinski definition) is 4. The minimum atomic E-state index is -0.208. The van der Waals surface area contributed by atoms with E-state index in [0.29, 0.717) is 12.5 Å². The van der Waals surface area contributed by atoms with E-state index in [1.54, 1.807) is 0 Å². The van der Waals surface area contributed by atoms with Crippen molar-refractivity contribution in [2.45, 2.75) is 32.7 Å². The molecule has 23 heavy (non-hydrogen) atoms. The van der Waals surface area contributed by atoms with Gasteiger partial charge >= 0.3 is 5.97 Å². The highest BCUT2D eigenvalue weighted by Crippen LogP contribution is 2.23. The average molecular weight is 315 g/mol. The van der Waals surface area contributed by atoms with Crippen LogP contribution in [-0.2, 0) is 22.5 Å². The maximum atomic E-state index is 11.8. The molecule has 2 heterocycles. The Hall–Kier alpha value is -1.88. The first-order valence-corrected chi connectivity index (χ1v) is 8.46. The van der Waals surface area contributed by atoms with Gasteiger partial charge in [-0.1, -0.05) is 18.2 Å². The lowest BCUT2D eigenvalue weighted by molar-refractivity contribution is -0.142. The van der Waals surface area contributed by atoms with Crippen LogP contribution in [-0.4, -0.2) is 47.4 Å². The highest BCUT2D eigenvalue weighted by molar-refractivity contribution is 5.86. The summed E-state index contributed by atoms with van der Waals surface area (Å²) in [5, 5.41) is 5.79. The number of nitrogens with zero attached hydrogens (tertiary/aromatic N) is 3. The van der Waals surface area contributed by atoms with E-state index in [1.807, 2.05) is 25.1 Å². The molecule has 1 unspecified atom stereocenters. The van der Waals surface area contributed by atoms with Crippen molar-refractivity contribution >= 4 is 16.9 Å². The van der Waals surface area contributed by atoms with Crippen LogP contribution in [0.25, 0.3) is 10.9 Å². The van der Waals surface area contributed by atoms with Crippen LogP contribution < -0.4 is 0 Å². The van der Waals surface area contributed by atoms with Gasteiger partial charge in [0, 0.05) is 18.5 Å². The first-order valence-electron chi connectivity index (χ1n) is 8.46. The van der Waals surface area contributed by atoms with Gasteiger partial charge in [0.25, 0.3) is 0 Å². The summed E-state index contributed by atoms with van der Waals surface area (Å²) in [7, 11) is 2.18. The Morgan fingerprint density at radius 3 is 3.00 bits per heavy atom. The number of hydrogen-bond donors (Lipinski definition) is 0. The normalized spacial score (nSPS) is 19.1. The van der Waals surface area contributed by atoms with Crippen molar-refractivity contribution in [2.24, 2.45) is 5.92 Å². The van der Waals surface area contributed by atoms with Gasteiger partial charge in [0.05, 0.1) is 24.2 Å². The summed E-state index contributed by atoms with van der Waals surface area (Å²) < 4.78 is 7.15. The van der Waals surface area contributed by atoms with Gasteiger partial charge in [0.2, 0.25) is 0 Å². The number of esters is 1. The third kappa shape index (κ3) is 3.72. The van der Waals surface area contributed by atoms with Crippen LogP contribution in [0.4, 0.5) is 0 Å². The minimum absolute atomic E-state index is 0.208. The zero-order valence-corrected chi connectivity index (χ0v) is 14.0. The monoisotopic (exact) mass is 315 g/mol. The van der Waals surface area contributed by atoms with Crippen molar-refractivity contribution in [3.8, 4) is 0 Å². The third-order valence-corrected chi connectivity index (χ3v) is 4.50. The fourth-order valence-corrected chi connectivity index (χ4v) is 3.48. The zero-order chi connectivity index (χ0) is 16.2. The van der Waals surface area contributed by atoms with Gasteiger partial charge in [-0.15, -0.1) is 0 Å². The molecule has 0 amide bonds. The summed E-state index contributed by atoms with van der Waals surface area (Å²) >= 11 is 0. The van der Waals surface area contributed by atoms with E-state index in [1.165, 1.54) is 19.4 Å². The molecule has 0 saturated carbocycles. The number of benzene rings is 1. The molecule has 1 aromatic carbocycles. The SMILES string of the molecule is CCOC(=O)Cc1nn(CC2CCCN(C)C2)c2ccccc12. The number of carbonyl (C=O) groups is 1. The lowest BCUT2D eigenvalue weighted by Crippen LogP contribution is -2.34. The van der Waals surface area contributed by atoms with Crippen molar-refractivity contribution in [2.75, 3.05) is 26.7 Å². The Morgan fingerprint density at radius 2 is 2.22 bits per heavy atom. The van der Waals surface area contributed by atoms with Crippen LogP contribution in [0.5, 0.6) is 0 Å². The molecule has 1 saturated heterocycles. The number of fused-ring (bicyclic) bond motifs is 1. The van der Waals surface area contributed by atoms with Gasteiger partial charge in [-0.2, -0.15) is 5.10 Å². The fraction of sp³-hybridized carbons (Fsp3) is 0.556. The Bertz CT molecular complexity index is 680. The molecule has 0 bridgehead atoms. The molecule has 2 aromatic rings. The van der Waals surface area contributed by atoms with Gasteiger partial charge in [-0.05, 0) is 45.3 Å². The molecule has 1 aliphatic heterocycles. The largest absolute Gasteiger partial charge is 0.466 e. The van der Waals surface area contributed by atoms with Gasteiger partial charge in [0.15, 0.2) is 0 Å². The Morgan fingerprint density at radius 1 is 1.39 bits per heavy atom. The molecule has 0 radical (unpaired) electrons. The van der Waals surface area contributed by atoms with Gasteiger partial charge < -0.3 is 9.64 Å². The number of piperidine rings is 1. The second-order valence-electron chi connectivity index (χ2n) is 6.40. The predicted molar refractivity (Wildman–Crippen MR) is 90.3 cm³/mol. The summed E-state index contributed by atoms with van der Waals surface area (Å²) in [5.74, 6) is 0.410. The molecule has 1 atom stereocenters. The Labute approximate surface area is 137 Å². The van der Waals surface area contributed by atoms with Crippen molar-refractivity contribution in [3.05, 3.63) is 30.0 Å². The van der Waals surface area contributed by atoms with E-state index in [-0.39, 0.29) is 12.4 Å². The van der Waals surface area contributed by atoms with E-state index in [2.05, 4.69) is 22.7 Å². The molecule has 124 valence electrons. The Kier molecular flexibility index (Phi) is 4.96. The standard InChI is InChI=1S/C18H25N3O2/c1-3-23-18(22)11-16-15-8-4-5-9-17(15)21(19-16)13-14-7-6-10-20(2)12-14/h4-5,8-9,14H,3,6-7,10-13H2,1-2H3. The number of rotatable bonds is 5. The lowest BCUT2D eigenvalue weighted by atomic mass is 9.98. The summed E-state index contributed by atoms with van der Waals surface area (Å²) in [4.78, 5) is 14.2. The first kappa shape index (κ1) is 16.0. The molecule has 1 aromatic heterocycles. The number of likely N-dealkylation sites (tertiary alicyclic amines) is 1. The summed E-state index contributed by atoms with van der Waals surface area (Å²) in [6.07, 6.45) is 2.73. The van der Waals surface area contributed by atoms with Crippen molar-refractivity contribution < 1.29 is 9.53 Å². The first-order chi connectivity index (χ1) is 11.2. The van der Waals surface area contributed by atoms with Crippen molar-refractivity contribution in [3.63, 3.8) is 0 Å². The molecule has 5 nitrogen and oxygen atoms in total. The molecule has 1 fully saturated rings. The van der Waals surface area contributed by atoms with E-state index in [0.717, 1.165) is 29.7 Å². The number of aromatic nitrogens is 2. The molecule has 0 aliphatic carbocycles. The average Bonchev–Trinajstić information content (AvgIpc) is 2.86. The van der Waals surface area contributed by atoms with Crippen LogP contribution in [0.1, 0.15) is 25.5 Å². The van der Waals surface area contributed by atoms with Crippen LogP contribution in [0.2, 0.25) is 0 Å². The van der Waals surface area contributed by atoms with Gasteiger partial charge in [0.1, 0.15) is 0 Å².